The van der Waals surface area contributed by atoms with E-state index < -0.39 is 0 Å². The van der Waals surface area contributed by atoms with Crippen LogP contribution < -0.4 is 22.1 Å². The maximum Gasteiger partial charge on any atom is 0.130 e. The molecule has 0 radical (unpaired) electrons. The number of nitrogens with zero attached hydrogens (tertiary/aromatic N) is 2. The average molecular weight is 471 g/mol. The molecule has 0 unspecified atom stereocenters. The standard InChI is InChI=1S/C16H33N3.C6H12O.C4H13N3/c1-13(2)11-15(5)18-9-7-17-8-10-19-16(6)12-14(3)4;1-5(2)4-6(3)7;5-1-3-7-4-2-6/h13-14,17H,7-12H2,1-6H3;5H,4H2,1-3H3;7H,1-6H2. The topological polar surface area (TPSA) is 118 Å². The highest BCUT2D eigenvalue weighted by Crippen LogP contribution is 2.01. The van der Waals surface area contributed by atoms with Gasteiger partial charge in [0.2, 0.25) is 0 Å². The van der Waals surface area contributed by atoms with E-state index in [4.69, 9.17) is 11.5 Å². The van der Waals surface area contributed by atoms with Gasteiger partial charge in [-0.1, -0.05) is 41.5 Å². The predicted octanol–water partition coefficient (Wildman–Crippen LogP) is 3.70. The van der Waals surface area contributed by atoms with Crippen LogP contribution in [0, 0.1) is 17.8 Å². The maximum absolute atomic E-state index is 10.3. The highest BCUT2D eigenvalue weighted by atomic mass is 16.1. The van der Waals surface area contributed by atoms with Gasteiger partial charge in [-0.2, -0.15) is 0 Å². The molecule has 198 valence electrons. The zero-order chi connectivity index (χ0) is 26.1. The van der Waals surface area contributed by atoms with Crippen molar-refractivity contribution in [2.75, 3.05) is 52.4 Å². The van der Waals surface area contributed by atoms with Crippen LogP contribution in [0.15, 0.2) is 9.98 Å². The summed E-state index contributed by atoms with van der Waals surface area (Å²) in [6.07, 6.45) is 2.94. The molecule has 0 bridgehead atoms. The van der Waals surface area contributed by atoms with Crippen molar-refractivity contribution in [2.24, 2.45) is 39.2 Å². The molecule has 0 aliphatic heterocycles. The molecule has 0 amide bonds. The molecule has 0 aliphatic rings. The minimum absolute atomic E-state index is 0.287. The van der Waals surface area contributed by atoms with E-state index >= 15 is 0 Å². The van der Waals surface area contributed by atoms with Gasteiger partial charge in [-0.25, -0.2) is 0 Å². The molecule has 7 nitrogen and oxygen atoms in total. The minimum atomic E-state index is 0.287. The van der Waals surface area contributed by atoms with Crippen LogP contribution in [0.2, 0.25) is 0 Å². The van der Waals surface area contributed by atoms with Crippen molar-refractivity contribution in [1.82, 2.24) is 10.6 Å². The van der Waals surface area contributed by atoms with Gasteiger partial charge in [-0.15, -0.1) is 0 Å². The highest BCUT2D eigenvalue weighted by molar-refractivity contribution is 5.82. The SMILES string of the molecule is CC(=O)CC(C)C.CC(CC(C)C)=NCCNCCN=C(C)CC(C)C.NCCNCCN. The molecule has 0 aliphatic carbocycles. The molecule has 0 rings (SSSR count). The molecule has 0 aromatic rings. The predicted molar refractivity (Wildman–Crippen MR) is 149 cm³/mol. The van der Waals surface area contributed by atoms with Gasteiger partial charge in [0.1, 0.15) is 5.78 Å². The lowest BCUT2D eigenvalue weighted by molar-refractivity contribution is -0.117. The summed E-state index contributed by atoms with van der Waals surface area (Å²) in [5.74, 6) is 2.22. The highest BCUT2D eigenvalue weighted by Gasteiger charge is 1.97. The fourth-order valence-corrected chi connectivity index (χ4v) is 2.99. The molecule has 6 N–H and O–H groups in total. The average Bonchev–Trinajstić information content (AvgIpc) is 2.66. The van der Waals surface area contributed by atoms with E-state index in [1.165, 1.54) is 11.4 Å². The lowest BCUT2D eigenvalue weighted by Crippen LogP contribution is -2.27. The molecule has 0 aromatic carbocycles. The first kappa shape index (κ1) is 36.4. The number of Topliss-reactive ketones (excluding diaryl/α,β-unsaturated/α-hetero) is 1. The second kappa shape index (κ2) is 27.1. The summed E-state index contributed by atoms with van der Waals surface area (Å²) >= 11 is 0. The van der Waals surface area contributed by atoms with E-state index in [9.17, 15) is 4.79 Å². The Morgan fingerprint density at radius 2 is 0.970 bits per heavy atom. The van der Waals surface area contributed by atoms with Crippen molar-refractivity contribution in [3.63, 3.8) is 0 Å². The molecule has 0 heterocycles. The van der Waals surface area contributed by atoms with E-state index in [0.29, 0.717) is 30.8 Å². The fraction of sp³-hybridized carbons (Fsp3) is 0.885. The van der Waals surface area contributed by atoms with Gasteiger partial charge < -0.3 is 26.9 Å². The first-order valence-electron chi connectivity index (χ1n) is 12.8. The fourth-order valence-electron chi connectivity index (χ4n) is 2.99. The molecule has 0 fully saturated rings. The van der Waals surface area contributed by atoms with E-state index in [0.717, 1.165) is 58.5 Å². The Morgan fingerprint density at radius 3 is 1.21 bits per heavy atom. The number of nitrogens with two attached hydrogens (primary N) is 2. The van der Waals surface area contributed by atoms with Crippen molar-refractivity contribution in [1.29, 1.82) is 0 Å². The number of ketones is 1. The zero-order valence-electron chi connectivity index (χ0n) is 23.5. The lowest BCUT2D eigenvalue weighted by Gasteiger charge is -2.06. The Morgan fingerprint density at radius 1 is 0.636 bits per heavy atom. The second-order valence-electron chi connectivity index (χ2n) is 9.81. The smallest absolute Gasteiger partial charge is 0.130 e. The number of hydrogen-bond donors (Lipinski definition) is 4. The Bertz CT molecular complexity index is 455. The number of nitrogens with one attached hydrogen (secondary N) is 2. The van der Waals surface area contributed by atoms with E-state index in [1.54, 1.807) is 6.92 Å². The van der Waals surface area contributed by atoms with Gasteiger partial charge >= 0.3 is 0 Å². The van der Waals surface area contributed by atoms with Gasteiger partial charge in [0.25, 0.3) is 0 Å². The third kappa shape index (κ3) is 41.6. The Balaban J connectivity index is -0.000000524. The third-order valence-corrected chi connectivity index (χ3v) is 4.09. The van der Waals surface area contributed by atoms with Gasteiger partial charge in [-0.05, 0) is 51.4 Å². The summed E-state index contributed by atoms with van der Waals surface area (Å²) in [7, 11) is 0. The molecule has 0 spiro atoms. The normalized spacial score (nSPS) is 11.9. The van der Waals surface area contributed by atoms with Crippen LogP contribution in [0.25, 0.3) is 0 Å². The van der Waals surface area contributed by atoms with Crippen molar-refractivity contribution in [3.05, 3.63) is 0 Å². The van der Waals surface area contributed by atoms with Crippen molar-refractivity contribution >= 4 is 17.2 Å². The number of carbonyl (C=O) groups excluding carboxylic acids is 1. The summed E-state index contributed by atoms with van der Waals surface area (Å²) < 4.78 is 0. The van der Waals surface area contributed by atoms with Crippen molar-refractivity contribution in [2.45, 2.75) is 81.6 Å². The third-order valence-electron chi connectivity index (χ3n) is 4.09. The van der Waals surface area contributed by atoms with E-state index in [-0.39, 0.29) is 5.78 Å². The monoisotopic (exact) mass is 470 g/mol. The molecule has 0 atom stereocenters. The van der Waals surface area contributed by atoms with Crippen LogP contribution in [0.4, 0.5) is 0 Å². The van der Waals surface area contributed by atoms with Gasteiger partial charge in [0.05, 0.1) is 13.1 Å². The van der Waals surface area contributed by atoms with Crippen LogP contribution in [0.3, 0.4) is 0 Å². The van der Waals surface area contributed by atoms with Crippen LogP contribution in [0.1, 0.15) is 81.6 Å². The number of rotatable bonds is 16. The van der Waals surface area contributed by atoms with E-state index in [2.05, 4.69) is 62.2 Å². The Hall–Kier alpha value is -1.15. The molecule has 7 heteroatoms. The van der Waals surface area contributed by atoms with Crippen molar-refractivity contribution < 1.29 is 4.79 Å². The van der Waals surface area contributed by atoms with Crippen molar-refractivity contribution in [3.8, 4) is 0 Å². The first-order chi connectivity index (χ1) is 15.5. The number of carbonyl (C=O) groups is 1. The number of hydrogen-bond acceptors (Lipinski definition) is 7. The molecular weight excluding hydrogens is 412 g/mol. The summed E-state index contributed by atoms with van der Waals surface area (Å²) in [6.45, 7) is 25.7. The molecule has 33 heavy (non-hydrogen) atoms. The molecule has 0 saturated carbocycles. The van der Waals surface area contributed by atoms with Gasteiger partial charge in [0.15, 0.2) is 0 Å². The van der Waals surface area contributed by atoms with Crippen LogP contribution >= 0.6 is 0 Å². The van der Waals surface area contributed by atoms with Crippen LogP contribution in [0.5, 0.6) is 0 Å². The second-order valence-corrected chi connectivity index (χ2v) is 9.81. The summed E-state index contributed by atoms with van der Waals surface area (Å²) in [5, 5.41) is 6.42. The lowest BCUT2D eigenvalue weighted by atomic mass is 10.1. The minimum Gasteiger partial charge on any atom is -0.329 e. The van der Waals surface area contributed by atoms with Gasteiger partial charge in [-0.3, -0.25) is 9.98 Å². The number of aliphatic imine (C=N–C) groups is 2. The molecule has 0 saturated heterocycles. The van der Waals surface area contributed by atoms with Crippen LogP contribution in [-0.2, 0) is 4.79 Å². The largest absolute Gasteiger partial charge is 0.329 e. The first-order valence-corrected chi connectivity index (χ1v) is 12.8. The Labute approximate surface area is 206 Å². The molecular formula is C26H58N6O. The zero-order valence-corrected chi connectivity index (χ0v) is 23.5. The Kier molecular flexibility index (Phi) is 29.9. The van der Waals surface area contributed by atoms with E-state index in [1.807, 2.05) is 13.8 Å². The quantitative estimate of drug-likeness (QED) is 0.203. The maximum atomic E-state index is 10.3. The summed E-state index contributed by atoms with van der Waals surface area (Å²) in [5.41, 5.74) is 12.9. The van der Waals surface area contributed by atoms with Gasteiger partial charge in [0, 0.05) is 57.1 Å². The summed E-state index contributed by atoms with van der Waals surface area (Å²) in [4.78, 5) is 19.4. The molecule has 0 aromatic heterocycles. The summed E-state index contributed by atoms with van der Waals surface area (Å²) in [6, 6.07) is 0. The van der Waals surface area contributed by atoms with Crippen LogP contribution in [-0.4, -0.2) is 69.6 Å².